The fourth-order valence-electron chi connectivity index (χ4n) is 7.87. The van der Waals surface area contributed by atoms with E-state index in [0.29, 0.717) is 51.7 Å². The lowest BCUT2D eigenvalue weighted by atomic mass is 9.64. The van der Waals surface area contributed by atoms with Crippen molar-refractivity contribution < 1.29 is 24.2 Å². The van der Waals surface area contributed by atoms with Crippen LogP contribution in [0.1, 0.15) is 52.4 Å². The predicted molar refractivity (Wildman–Crippen MR) is 168 cm³/mol. The molecule has 0 saturated carbocycles. The Balaban J connectivity index is 1.59. The number of nitrogens with zero attached hydrogens (tertiary/aromatic N) is 3. The molecule has 3 aliphatic heterocycles. The van der Waals surface area contributed by atoms with Crippen LogP contribution >= 0.6 is 0 Å². The molecule has 0 aliphatic carbocycles. The van der Waals surface area contributed by atoms with E-state index in [2.05, 4.69) is 13.2 Å². The van der Waals surface area contributed by atoms with E-state index in [1.807, 2.05) is 56.3 Å². The van der Waals surface area contributed by atoms with Crippen molar-refractivity contribution in [1.29, 1.82) is 0 Å². The molecule has 8 heteroatoms. The normalized spacial score (nSPS) is 27.4. The average molecular weight is 588 g/mol. The highest BCUT2D eigenvalue weighted by molar-refractivity contribution is 6.06. The summed E-state index contributed by atoms with van der Waals surface area (Å²) in [6, 6.07) is 13.0. The van der Waals surface area contributed by atoms with E-state index in [1.165, 1.54) is 0 Å². The molecule has 3 saturated heterocycles. The Morgan fingerprint density at radius 3 is 2.47 bits per heavy atom. The minimum absolute atomic E-state index is 0.00101. The summed E-state index contributed by atoms with van der Waals surface area (Å²) in [5, 5.41) is 11.6. The summed E-state index contributed by atoms with van der Waals surface area (Å²) < 4.78 is 6.98. The molecule has 43 heavy (non-hydrogen) atoms. The van der Waals surface area contributed by atoms with Crippen LogP contribution in [0, 0.1) is 11.8 Å². The number of anilines is 1. The third-order valence-corrected chi connectivity index (χ3v) is 9.77. The van der Waals surface area contributed by atoms with Crippen molar-refractivity contribution in [2.24, 2.45) is 11.8 Å². The monoisotopic (exact) mass is 587 g/mol. The number of fused-ring (bicyclic) bond motifs is 2. The number of hydrogen-bond acceptors (Lipinski definition) is 5. The van der Waals surface area contributed by atoms with Gasteiger partial charge in [-0.3, -0.25) is 14.4 Å². The van der Waals surface area contributed by atoms with E-state index in [4.69, 9.17) is 4.74 Å². The van der Waals surface area contributed by atoms with Crippen LogP contribution in [0.25, 0.3) is 10.8 Å². The van der Waals surface area contributed by atoms with E-state index in [9.17, 15) is 19.5 Å². The number of benzene rings is 2. The van der Waals surface area contributed by atoms with Gasteiger partial charge in [-0.1, -0.05) is 56.3 Å². The SMILES string of the molecule is C=CCN(CCC)C(=O)[C@H]1[C@H]2C(=O)N(CCCCO)C(C(=O)N(CC=C)c3ccc4ccccc4c3)C23CC[C@]1(CC)O3. The lowest BCUT2D eigenvalue weighted by molar-refractivity contribution is -0.151. The molecule has 3 amide bonds. The van der Waals surface area contributed by atoms with Gasteiger partial charge in [0.15, 0.2) is 0 Å². The van der Waals surface area contributed by atoms with E-state index in [-0.39, 0.29) is 30.9 Å². The van der Waals surface area contributed by atoms with Gasteiger partial charge in [-0.2, -0.15) is 0 Å². The van der Waals surface area contributed by atoms with Crippen molar-refractivity contribution >= 4 is 34.2 Å². The lowest BCUT2D eigenvalue weighted by Gasteiger charge is -2.37. The van der Waals surface area contributed by atoms with Crippen LogP contribution in [0.2, 0.25) is 0 Å². The third kappa shape index (κ3) is 5.08. The average Bonchev–Trinajstić information content (AvgIpc) is 3.62. The topological polar surface area (TPSA) is 90.4 Å². The highest BCUT2D eigenvalue weighted by atomic mass is 16.5. The Kier molecular flexibility index (Phi) is 9.09. The van der Waals surface area contributed by atoms with Crippen molar-refractivity contribution in [3.8, 4) is 0 Å². The summed E-state index contributed by atoms with van der Waals surface area (Å²) in [5.41, 5.74) is -1.19. The Labute approximate surface area is 255 Å². The second-order valence-electron chi connectivity index (χ2n) is 12.1. The summed E-state index contributed by atoms with van der Waals surface area (Å²) in [7, 11) is 0. The lowest BCUT2D eigenvalue weighted by Crippen LogP contribution is -2.56. The second-order valence-corrected chi connectivity index (χ2v) is 12.1. The Hall–Kier alpha value is -3.49. The van der Waals surface area contributed by atoms with Crippen LogP contribution in [0.5, 0.6) is 0 Å². The van der Waals surface area contributed by atoms with Gasteiger partial charge < -0.3 is 24.5 Å². The second kappa shape index (κ2) is 12.6. The Morgan fingerprint density at radius 2 is 1.79 bits per heavy atom. The summed E-state index contributed by atoms with van der Waals surface area (Å²) in [4.78, 5) is 48.7. The third-order valence-electron chi connectivity index (χ3n) is 9.77. The molecular weight excluding hydrogens is 542 g/mol. The summed E-state index contributed by atoms with van der Waals surface area (Å²) >= 11 is 0. The molecule has 3 fully saturated rings. The number of rotatable bonds is 14. The Bertz CT molecular complexity index is 1390. The van der Waals surface area contributed by atoms with Crippen LogP contribution in [0.15, 0.2) is 67.8 Å². The molecule has 1 N–H and O–H groups in total. The van der Waals surface area contributed by atoms with Gasteiger partial charge >= 0.3 is 0 Å². The number of aliphatic hydroxyl groups is 1. The first-order chi connectivity index (χ1) is 20.8. The van der Waals surface area contributed by atoms with E-state index in [1.54, 1.807) is 26.9 Å². The van der Waals surface area contributed by atoms with Crippen molar-refractivity contribution in [3.63, 3.8) is 0 Å². The van der Waals surface area contributed by atoms with Crippen LogP contribution in [-0.4, -0.2) is 82.7 Å². The summed E-state index contributed by atoms with van der Waals surface area (Å²) in [5.74, 6) is -1.94. The maximum Gasteiger partial charge on any atom is 0.253 e. The summed E-state index contributed by atoms with van der Waals surface area (Å²) in [6.07, 6.45) is 6.97. The molecule has 1 spiro atoms. The van der Waals surface area contributed by atoms with Crippen molar-refractivity contribution in [1.82, 2.24) is 9.80 Å². The molecule has 2 aromatic carbocycles. The molecule has 0 radical (unpaired) electrons. The van der Waals surface area contributed by atoms with Gasteiger partial charge in [0.1, 0.15) is 11.6 Å². The maximum absolute atomic E-state index is 14.8. The molecule has 3 heterocycles. The van der Waals surface area contributed by atoms with Crippen LogP contribution in [0.4, 0.5) is 5.69 Å². The molecule has 230 valence electrons. The van der Waals surface area contributed by atoms with Crippen molar-refractivity contribution in [2.75, 3.05) is 37.7 Å². The van der Waals surface area contributed by atoms with Crippen molar-refractivity contribution in [2.45, 2.75) is 69.6 Å². The van der Waals surface area contributed by atoms with Gasteiger partial charge in [0.25, 0.3) is 5.91 Å². The minimum atomic E-state index is -1.11. The molecular formula is C35H45N3O5. The number of hydrogen-bond donors (Lipinski definition) is 1. The highest BCUT2D eigenvalue weighted by Crippen LogP contribution is 2.64. The van der Waals surface area contributed by atoms with E-state index >= 15 is 0 Å². The number of aliphatic hydroxyl groups excluding tert-OH is 1. The van der Waals surface area contributed by atoms with Gasteiger partial charge in [-0.15, -0.1) is 13.2 Å². The smallest absolute Gasteiger partial charge is 0.253 e. The van der Waals surface area contributed by atoms with Crippen LogP contribution in [-0.2, 0) is 19.1 Å². The molecule has 8 nitrogen and oxygen atoms in total. The van der Waals surface area contributed by atoms with Crippen LogP contribution < -0.4 is 4.90 Å². The first-order valence-corrected chi connectivity index (χ1v) is 15.7. The van der Waals surface area contributed by atoms with Gasteiger partial charge in [0.05, 0.1) is 17.4 Å². The number of unbranched alkanes of at least 4 members (excludes halogenated alkanes) is 1. The fourth-order valence-corrected chi connectivity index (χ4v) is 7.87. The zero-order valence-electron chi connectivity index (χ0n) is 25.5. The Morgan fingerprint density at radius 1 is 1.05 bits per heavy atom. The number of ether oxygens (including phenoxy) is 1. The molecule has 0 aromatic heterocycles. The zero-order chi connectivity index (χ0) is 30.8. The minimum Gasteiger partial charge on any atom is -0.396 e. The first kappa shape index (κ1) is 31.0. The largest absolute Gasteiger partial charge is 0.396 e. The molecule has 2 unspecified atom stereocenters. The zero-order valence-corrected chi connectivity index (χ0v) is 25.5. The quantitative estimate of drug-likeness (QED) is 0.255. The highest BCUT2D eigenvalue weighted by Gasteiger charge is 2.79. The van der Waals surface area contributed by atoms with Gasteiger partial charge in [-0.05, 0) is 61.4 Å². The van der Waals surface area contributed by atoms with Crippen molar-refractivity contribution in [3.05, 3.63) is 67.8 Å². The summed E-state index contributed by atoms with van der Waals surface area (Å²) in [6.45, 7) is 13.3. The molecule has 2 aromatic rings. The van der Waals surface area contributed by atoms with Gasteiger partial charge in [-0.25, -0.2) is 0 Å². The standard InChI is InChI=1S/C35H45N3O5/c1-5-19-36(20-6-2)31(40)28-29-32(41)38(22-11-12-23-39)30(35(29)18-17-34(28,8-4)43-35)33(42)37(21-7-3)27-16-15-25-13-9-10-14-26(25)24-27/h5,7,9-10,13-16,24,28-30,39H,1,3,6,8,11-12,17-23H2,2,4H3/t28-,29+,30?,34+,35?/m1/s1. The maximum atomic E-state index is 14.8. The fraction of sp³-hybridized carbons (Fsp3) is 0.514. The van der Waals surface area contributed by atoms with E-state index in [0.717, 1.165) is 22.9 Å². The molecule has 2 bridgehead atoms. The van der Waals surface area contributed by atoms with Gasteiger partial charge in [0.2, 0.25) is 11.8 Å². The molecule has 5 atom stereocenters. The predicted octanol–water partition coefficient (Wildman–Crippen LogP) is 4.71. The number of likely N-dealkylation sites (tertiary alicyclic amines) is 1. The first-order valence-electron chi connectivity index (χ1n) is 15.7. The van der Waals surface area contributed by atoms with E-state index < -0.39 is 29.1 Å². The number of carbonyl (C=O) groups excluding carboxylic acids is 3. The number of amides is 3. The molecule has 3 aliphatic rings. The molecule has 5 rings (SSSR count). The van der Waals surface area contributed by atoms with Crippen LogP contribution in [0.3, 0.4) is 0 Å². The number of carbonyl (C=O) groups is 3. The van der Waals surface area contributed by atoms with Gasteiger partial charge in [0, 0.05) is 38.5 Å².